The molecule has 24 amide bonds. The first kappa shape index (κ1) is 38.9. The predicted molar refractivity (Wildman–Crippen MR) is 220 cm³/mol. The lowest BCUT2D eigenvalue weighted by Gasteiger charge is -2.42. The van der Waals surface area contributed by atoms with E-state index in [9.17, 15) is 9.59 Å². The van der Waals surface area contributed by atoms with E-state index in [1.54, 1.807) is 0 Å². The summed E-state index contributed by atoms with van der Waals surface area (Å²) in [7, 11) is 2.95. The topological polar surface area (TPSA) is 283 Å². The van der Waals surface area contributed by atoms with E-state index in [-0.39, 0.29) is 0 Å². The number of amides is 24. The van der Waals surface area contributed by atoms with Crippen LogP contribution in [0.2, 0.25) is 0 Å². The minimum atomic E-state index is -1.17. The van der Waals surface area contributed by atoms with Gasteiger partial charge in [0.15, 0.2) is 74.0 Å². The largest absolute Gasteiger partial charge is 0.326 e. The molecule has 18 aliphatic rings. The van der Waals surface area contributed by atoms with Gasteiger partial charge in [-0.25, -0.2) is 57.5 Å². The Morgan fingerprint density at radius 2 is 0.274 bits per heavy atom. The number of hydrogen-bond acceptors (Lipinski definition) is 12. The highest BCUT2D eigenvalue weighted by molar-refractivity contribution is 5.94. The molecule has 0 aromatic carbocycles. The van der Waals surface area contributed by atoms with Gasteiger partial charge in [-0.3, -0.25) is 108 Å². The van der Waals surface area contributed by atoms with Crippen molar-refractivity contribution in [2.24, 2.45) is 0 Å². The van der Waals surface area contributed by atoms with Crippen molar-refractivity contribution >= 4 is 72.4 Å². The quantitative estimate of drug-likeness (QED) is 0.220. The molecule has 18 rings (SSSR count). The number of carbonyl (C=O) groups excluding carboxylic acids is 12. The van der Waals surface area contributed by atoms with Crippen LogP contribution in [0.25, 0.3) is 0 Å². The molecule has 12 atom stereocenters. The molecule has 380 valence electrons. The third-order valence-corrected chi connectivity index (χ3v) is 18.8. The summed E-state index contributed by atoms with van der Waals surface area (Å²) in [5, 5.41) is 0. The summed E-state index contributed by atoms with van der Waals surface area (Å²) >= 11 is 0. The Hall–Kier alpha value is -8.76. The Bertz CT molecular complexity index is 2760. The van der Waals surface area contributed by atoms with Gasteiger partial charge >= 0.3 is 72.4 Å². The highest BCUT2D eigenvalue weighted by Gasteiger charge is 2.75. The third-order valence-electron chi connectivity index (χ3n) is 18.8. The van der Waals surface area contributed by atoms with E-state index in [0.717, 1.165) is 0 Å². The highest BCUT2D eigenvalue weighted by atomic mass is 16.2. The van der Waals surface area contributed by atoms with Crippen molar-refractivity contribution in [3.63, 3.8) is 0 Å². The molecule has 12 unspecified atom stereocenters. The van der Waals surface area contributed by atoms with Gasteiger partial charge in [-0.15, -0.1) is 0 Å². The molecule has 0 aromatic rings. The van der Waals surface area contributed by atoms with Gasteiger partial charge in [-0.05, 0) is 0 Å². The Morgan fingerprint density at radius 1 is 0.178 bits per heavy atom. The first-order valence-electron chi connectivity index (χ1n) is 23.9. The zero-order valence-electron chi connectivity index (χ0n) is 38.3. The van der Waals surface area contributed by atoms with Gasteiger partial charge in [0.2, 0.25) is 0 Å². The standard InChI is InChI=1S/C37H40N24O12/c1-38-14-16-42(26(38)62)4-46-18-20-50(30(46)66)8-54-22-24-58(34(54)70)12-59-25-23-55(35(59)71)9-51-21-19-47(31(51)67)5-43-17-15(39(2)27(43)63)41-3-40(14)28(64)44(16)6-48(18)32(68)52(20)10-56(22)36(72)60(24)13-61(25)37(73)57(23)11-53(21)33(69)49(19)7-45(17)29(41)65/h14-25H,3-13H2,1-2H3. The van der Waals surface area contributed by atoms with Gasteiger partial charge in [0, 0.05) is 14.1 Å². The lowest BCUT2D eigenvalue weighted by molar-refractivity contribution is -0.0187. The lowest BCUT2D eigenvalue weighted by atomic mass is 10.3. The second-order valence-electron chi connectivity index (χ2n) is 21.5. The van der Waals surface area contributed by atoms with Crippen molar-refractivity contribution in [1.29, 1.82) is 0 Å². The van der Waals surface area contributed by atoms with E-state index < -0.39 is 220 Å². The monoisotopic (exact) mass is 1010 g/mol. The first-order chi connectivity index (χ1) is 35.1. The second kappa shape index (κ2) is 11.5. The number of hydrogen-bond donors (Lipinski definition) is 0. The Morgan fingerprint density at radius 3 is 0.411 bits per heavy atom. The molecule has 0 aromatic heterocycles. The number of rotatable bonds is 0. The fourth-order valence-corrected chi connectivity index (χ4v) is 15.8. The van der Waals surface area contributed by atoms with E-state index in [1.807, 2.05) is 0 Å². The van der Waals surface area contributed by atoms with Crippen LogP contribution in [0.5, 0.6) is 0 Å². The van der Waals surface area contributed by atoms with Crippen molar-refractivity contribution in [2.75, 3.05) is 87.5 Å². The fourth-order valence-electron chi connectivity index (χ4n) is 15.8. The summed E-state index contributed by atoms with van der Waals surface area (Å²) in [4.78, 5) is 212. The number of likely N-dealkylation sites (N-methyl/N-ethyl adjacent to an activating group) is 2. The van der Waals surface area contributed by atoms with Gasteiger partial charge in [-0.1, -0.05) is 0 Å². The van der Waals surface area contributed by atoms with Crippen LogP contribution < -0.4 is 0 Å². The normalized spacial score (nSPS) is 39.5. The van der Waals surface area contributed by atoms with E-state index >= 15 is 47.9 Å². The molecule has 18 heterocycles. The van der Waals surface area contributed by atoms with Crippen molar-refractivity contribution < 1.29 is 57.5 Å². The maximum atomic E-state index is 15.2. The highest BCUT2D eigenvalue weighted by Crippen LogP contribution is 2.50. The molecule has 12 bridgehead atoms. The van der Waals surface area contributed by atoms with E-state index in [4.69, 9.17) is 0 Å². The molecule has 18 fully saturated rings. The summed E-state index contributed by atoms with van der Waals surface area (Å²) < 4.78 is 0. The minimum Gasteiger partial charge on any atom is -0.303 e. The fraction of sp³-hybridized carbons (Fsp3) is 0.676. The SMILES string of the molecule is CN1C(=O)N2CN3C(=O)N4CN5C(=O)N6CN7C(=O)N8CN9C(=O)N%10CN%11C(=O)N(C)C%12C%11N%11CN%13C(=O)N(CN%14C(=O)N(CN%15C(=O)N(CN%16C(=O)N(CN%17C(=O)N(CN%12C%11=O)C1C2%17)C3C4%16)C5C6%15)C7C8%14)C9C%10%13. The summed E-state index contributed by atoms with van der Waals surface area (Å²) in [5.74, 6) is 0. The summed E-state index contributed by atoms with van der Waals surface area (Å²) in [6.07, 6.45) is -13.7. The molecule has 73 heavy (non-hydrogen) atoms. The van der Waals surface area contributed by atoms with Gasteiger partial charge in [0.1, 0.15) is 73.4 Å². The van der Waals surface area contributed by atoms with Crippen LogP contribution in [0.1, 0.15) is 0 Å². The number of carbonyl (C=O) groups is 12. The molecule has 0 N–H and O–H groups in total. The molecule has 36 heteroatoms. The minimum absolute atomic E-state index is 0.418. The Kier molecular flexibility index (Phi) is 6.11. The number of nitrogens with zero attached hydrogens (tertiary/aromatic N) is 24. The molecule has 18 aliphatic heterocycles. The molecular formula is C37H40N24O12. The third kappa shape index (κ3) is 3.76. The van der Waals surface area contributed by atoms with Crippen molar-refractivity contribution in [1.82, 2.24) is 118 Å². The van der Waals surface area contributed by atoms with Crippen LogP contribution in [0.3, 0.4) is 0 Å². The second-order valence-corrected chi connectivity index (χ2v) is 21.5. The molecule has 0 aliphatic carbocycles. The summed E-state index contributed by atoms with van der Waals surface area (Å²) in [6, 6.07) is -7.80. The molecular weight excluding hydrogens is 973 g/mol. The van der Waals surface area contributed by atoms with Crippen molar-refractivity contribution in [2.45, 2.75) is 74.0 Å². The van der Waals surface area contributed by atoms with Gasteiger partial charge in [0.05, 0.1) is 0 Å². The average Bonchev–Trinajstić information content (AvgIpc) is 4.30. The van der Waals surface area contributed by atoms with Crippen molar-refractivity contribution in [3.8, 4) is 0 Å². The van der Waals surface area contributed by atoms with Crippen LogP contribution in [0, 0.1) is 0 Å². The zero-order chi connectivity index (χ0) is 49.5. The number of urea groups is 12. The van der Waals surface area contributed by atoms with E-state index in [2.05, 4.69) is 0 Å². The smallest absolute Gasteiger partial charge is 0.303 e. The maximum absolute atomic E-state index is 15.2. The van der Waals surface area contributed by atoms with Gasteiger partial charge < -0.3 is 9.80 Å². The van der Waals surface area contributed by atoms with E-state index in [0.29, 0.717) is 0 Å². The van der Waals surface area contributed by atoms with Crippen LogP contribution in [0.15, 0.2) is 0 Å². The first-order valence-corrected chi connectivity index (χ1v) is 23.9. The van der Waals surface area contributed by atoms with E-state index in [1.165, 1.54) is 132 Å². The van der Waals surface area contributed by atoms with Gasteiger partial charge in [0.25, 0.3) is 0 Å². The molecule has 0 saturated carbocycles. The molecule has 36 nitrogen and oxygen atoms in total. The predicted octanol–water partition coefficient (Wildman–Crippen LogP) is -5.38. The molecule has 0 radical (unpaired) electrons. The van der Waals surface area contributed by atoms with Crippen LogP contribution in [0.4, 0.5) is 57.5 Å². The summed E-state index contributed by atoms with van der Waals surface area (Å²) in [5.41, 5.74) is 0. The Balaban J connectivity index is 0.838. The van der Waals surface area contributed by atoms with Crippen LogP contribution >= 0.6 is 0 Å². The Labute approximate surface area is 408 Å². The maximum Gasteiger partial charge on any atom is 0.326 e. The van der Waals surface area contributed by atoms with Crippen molar-refractivity contribution in [3.05, 3.63) is 0 Å². The zero-order valence-corrected chi connectivity index (χ0v) is 38.3. The van der Waals surface area contributed by atoms with Crippen LogP contribution in [-0.4, -0.2) is 351 Å². The van der Waals surface area contributed by atoms with Crippen LogP contribution in [-0.2, 0) is 0 Å². The number of fused-ring (bicyclic) bond motifs is 4. The average molecular weight is 1010 g/mol. The molecule has 18 saturated heterocycles. The van der Waals surface area contributed by atoms with Gasteiger partial charge in [-0.2, -0.15) is 0 Å². The lowest BCUT2D eigenvalue weighted by Crippen LogP contribution is -2.63. The summed E-state index contributed by atoms with van der Waals surface area (Å²) in [6.45, 7) is -5.00. The molecule has 0 spiro atoms.